The second-order valence-corrected chi connectivity index (χ2v) is 2.55. The molecule has 0 aromatic heterocycles. The quantitative estimate of drug-likeness (QED) is 0.506. The van der Waals surface area contributed by atoms with Crippen molar-refractivity contribution in [3.05, 3.63) is 6.92 Å². The number of hydrogen-bond acceptors (Lipinski definition) is 1. The monoisotopic (exact) mass is 136 g/mol. The highest BCUT2D eigenvalue weighted by Gasteiger charge is 2.18. The highest BCUT2D eigenvalue weighted by atomic mass is 35.5. The van der Waals surface area contributed by atoms with Gasteiger partial charge < -0.3 is 0 Å². The first-order valence-corrected chi connectivity index (χ1v) is 2.46. The smallest absolute Gasteiger partial charge is 0.195 e. The predicted molar refractivity (Wildman–Crippen MR) is 30.0 cm³/mol. The lowest BCUT2D eigenvalue weighted by Crippen LogP contribution is -2.05. The van der Waals surface area contributed by atoms with Gasteiger partial charge in [0.25, 0.3) is 0 Å². The van der Waals surface area contributed by atoms with Crippen LogP contribution in [0.5, 0.6) is 0 Å². The van der Waals surface area contributed by atoms with Crippen LogP contribution in [-0.4, -0.2) is 4.33 Å². The fourth-order valence-electron chi connectivity index (χ4n) is 0.0559. The number of alkyl halides is 2. The van der Waals surface area contributed by atoms with E-state index in [1.165, 1.54) is 0 Å². The molecule has 0 aromatic rings. The lowest BCUT2D eigenvalue weighted by atomic mass is 10.4. The van der Waals surface area contributed by atoms with Crippen LogP contribution in [0.4, 0.5) is 0 Å². The molecule has 1 nitrogen and oxygen atoms in total. The molecule has 0 aromatic carbocycles. The summed E-state index contributed by atoms with van der Waals surface area (Å²) in [5, 5.41) is 8.04. The molecule has 0 spiro atoms. The van der Waals surface area contributed by atoms with Crippen LogP contribution in [0, 0.1) is 18.3 Å². The van der Waals surface area contributed by atoms with Crippen molar-refractivity contribution in [2.75, 3.05) is 0 Å². The Morgan fingerprint density at radius 3 is 2.14 bits per heavy atom. The van der Waals surface area contributed by atoms with Gasteiger partial charge in [-0.3, -0.25) is 0 Å². The van der Waals surface area contributed by atoms with Crippen LogP contribution in [0.15, 0.2) is 0 Å². The summed E-state index contributed by atoms with van der Waals surface area (Å²) >= 11 is 10.5. The molecule has 1 radical (unpaired) electrons. The third kappa shape index (κ3) is 2.73. The summed E-state index contributed by atoms with van der Waals surface area (Å²) < 4.78 is -1.28. The van der Waals surface area contributed by atoms with E-state index in [1.54, 1.807) is 6.07 Å². The molecule has 3 heteroatoms. The van der Waals surface area contributed by atoms with E-state index < -0.39 is 4.33 Å². The minimum atomic E-state index is -1.28. The molecule has 0 saturated carbocycles. The van der Waals surface area contributed by atoms with Gasteiger partial charge in [0, 0.05) is 0 Å². The first kappa shape index (κ1) is 7.07. The Balaban J connectivity index is 3.66. The first-order valence-electron chi connectivity index (χ1n) is 1.71. The van der Waals surface area contributed by atoms with Crippen molar-refractivity contribution in [1.82, 2.24) is 0 Å². The van der Waals surface area contributed by atoms with Crippen LogP contribution in [0.2, 0.25) is 0 Å². The van der Waals surface area contributed by atoms with Crippen LogP contribution in [0.3, 0.4) is 0 Å². The minimum Gasteiger partial charge on any atom is -0.195 e. The van der Waals surface area contributed by atoms with Crippen molar-refractivity contribution in [2.45, 2.75) is 10.8 Å². The summed E-state index contributed by atoms with van der Waals surface area (Å²) in [6.45, 7) is 3.34. The number of nitriles is 1. The summed E-state index contributed by atoms with van der Waals surface area (Å²) in [4.78, 5) is 0. The van der Waals surface area contributed by atoms with Gasteiger partial charge in [-0.15, -0.1) is 0 Å². The lowest BCUT2D eigenvalue weighted by molar-refractivity contribution is 0.985. The second kappa shape index (κ2) is 2.40. The first-order chi connectivity index (χ1) is 3.12. The molecule has 0 atom stereocenters. The van der Waals surface area contributed by atoms with E-state index in [-0.39, 0.29) is 6.42 Å². The van der Waals surface area contributed by atoms with Crippen LogP contribution < -0.4 is 0 Å². The van der Waals surface area contributed by atoms with Gasteiger partial charge in [0.2, 0.25) is 4.33 Å². The number of nitrogens with zero attached hydrogens (tertiary/aromatic N) is 1. The molecule has 0 aliphatic carbocycles. The molecule has 0 fully saturated rings. The molecule has 7 heavy (non-hydrogen) atoms. The predicted octanol–water partition coefficient (Wildman–Crippen LogP) is 1.91. The summed E-state index contributed by atoms with van der Waals surface area (Å²) in [7, 11) is 0. The fourth-order valence-corrected chi connectivity index (χ4v) is 0.0559. The van der Waals surface area contributed by atoms with E-state index in [0.29, 0.717) is 0 Å². The van der Waals surface area contributed by atoms with Crippen molar-refractivity contribution in [2.24, 2.45) is 0 Å². The third-order valence-electron chi connectivity index (χ3n) is 0.478. The maximum absolute atomic E-state index is 8.04. The SMILES string of the molecule is [CH2]CC(Cl)(Cl)C#N. The maximum Gasteiger partial charge on any atom is 0.203 e. The van der Waals surface area contributed by atoms with Crippen molar-refractivity contribution in [3.8, 4) is 6.07 Å². The maximum atomic E-state index is 8.04. The standard InChI is InChI=1S/C4H4Cl2N/c1-2-4(5,6)3-7/h1-2H2. The molecule has 0 bridgehead atoms. The van der Waals surface area contributed by atoms with Crippen molar-refractivity contribution in [3.63, 3.8) is 0 Å². The van der Waals surface area contributed by atoms with Crippen molar-refractivity contribution < 1.29 is 0 Å². The van der Waals surface area contributed by atoms with Gasteiger partial charge in [0.15, 0.2) is 0 Å². The molecule has 0 aliphatic heterocycles. The molecule has 0 amide bonds. The summed E-state index contributed by atoms with van der Waals surface area (Å²) in [6, 6.07) is 1.66. The molecule has 0 saturated heterocycles. The van der Waals surface area contributed by atoms with Crippen LogP contribution in [0.25, 0.3) is 0 Å². The molecule has 0 heterocycles. The van der Waals surface area contributed by atoms with E-state index in [9.17, 15) is 0 Å². The third-order valence-corrected chi connectivity index (χ3v) is 1.02. The largest absolute Gasteiger partial charge is 0.203 e. The Labute approximate surface area is 52.8 Å². The van der Waals surface area contributed by atoms with E-state index >= 15 is 0 Å². The topological polar surface area (TPSA) is 23.8 Å². The van der Waals surface area contributed by atoms with Crippen LogP contribution in [0.1, 0.15) is 6.42 Å². The van der Waals surface area contributed by atoms with Gasteiger partial charge >= 0.3 is 0 Å². The molecule has 0 N–H and O–H groups in total. The Morgan fingerprint density at radius 2 is 2.14 bits per heavy atom. The van der Waals surface area contributed by atoms with Gasteiger partial charge in [-0.05, 0) is 13.3 Å². The van der Waals surface area contributed by atoms with E-state index in [1.807, 2.05) is 0 Å². The number of hydrogen-bond donors (Lipinski definition) is 0. The van der Waals surface area contributed by atoms with Crippen LogP contribution >= 0.6 is 23.2 Å². The zero-order valence-electron chi connectivity index (χ0n) is 3.62. The Hall–Kier alpha value is 0.0700. The number of halogens is 2. The summed E-state index contributed by atoms with van der Waals surface area (Å²) in [5.74, 6) is 0. The normalized spacial score (nSPS) is 10.6. The molecule has 0 rings (SSSR count). The second-order valence-electron chi connectivity index (χ2n) is 1.07. The Kier molecular flexibility index (Phi) is 2.42. The Morgan fingerprint density at radius 1 is 1.71 bits per heavy atom. The molecule has 39 valence electrons. The fraction of sp³-hybridized carbons (Fsp3) is 0.500. The molecule has 0 aliphatic rings. The highest BCUT2D eigenvalue weighted by Crippen LogP contribution is 2.22. The average molecular weight is 137 g/mol. The van der Waals surface area contributed by atoms with Crippen LogP contribution in [-0.2, 0) is 0 Å². The molecular formula is C4H4Cl2N. The van der Waals surface area contributed by atoms with Crippen molar-refractivity contribution >= 4 is 23.2 Å². The summed E-state index contributed by atoms with van der Waals surface area (Å²) in [5.41, 5.74) is 0. The Bertz CT molecular complexity index is 92.4. The van der Waals surface area contributed by atoms with Gasteiger partial charge in [-0.1, -0.05) is 23.2 Å². The minimum absolute atomic E-state index is 0.215. The van der Waals surface area contributed by atoms with Crippen molar-refractivity contribution in [1.29, 1.82) is 5.26 Å². The molecular weight excluding hydrogens is 133 g/mol. The highest BCUT2D eigenvalue weighted by molar-refractivity contribution is 6.50. The van der Waals surface area contributed by atoms with E-state index in [2.05, 4.69) is 6.92 Å². The van der Waals surface area contributed by atoms with Gasteiger partial charge in [0.1, 0.15) is 6.07 Å². The number of rotatable bonds is 1. The van der Waals surface area contributed by atoms with E-state index in [4.69, 9.17) is 28.5 Å². The van der Waals surface area contributed by atoms with Gasteiger partial charge in [0.05, 0.1) is 0 Å². The molecule has 0 unspecified atom stereocenters. The zero-order valence-corrected chi connectivity index (χ0v) is 5.13. The zero-order chi connectivity index (χ0) is 5.91. The lowest BCUT2D eigenvalue weighted by Gasteiger charge is -2.01. The average Bonchev–Trinajstić information content (AvgIpc) is 1.68. The van der Waals surface area contributed by atoms with Gasteiger partial charge in [-0.2, -0.15) is 5.26 Å². The summed E-state index contributed by atoms with van der Waals surface area (Å²) in [6.07, 6.45) is 0.215. The van der Waals surface area contributed by atoms with E-state index in [0.717, 1.165) is 0 Å². The van der Waals surface area contributed by atoms with Gasteiger partial charge in [-0.25, -0.2) is 0 Å².